The number of aryl methyl sites for hydroxylation is 2. The lowest BCUT2D eigenvalue weighted by molar-refractivity contribution is 0.0221. The Morgan fingerprint density at radius 2 is 1.96 bits per heavy atom. The minimum Gasteiger partial charge on any atom is -0.335 e. The summed E-state index contributed by atoms with van der Waals surface area (Å²) in [5, 5.41) is 0.666. The fourth-order valence-electron chi connectivity index (χ4n) is 5.58. The van der Waals surface area contributed by atoms with Gasteiger partial charge in [-0.1, -0.05) is 19.8 Å². The molecule has 1 aliphatic carbocycles. The van der Waals surface area contributed by atoms with Gasteiger partial charge in [0.1, 0.15) is 10.7 Å². The van der Waals surface area contributed by atoms with E-state index in [-0.39, 0.29) is 11.5 Å². The van der Waals surface area contributed by atoms with Crippen LogP contribution in [-0.2, 0) is 13.0 Å². The molecule has 3 aliphatic rings. The van der Waals surface area contributed by atoms with Crippen molar-refractivity contribution in [3.63, 3.8) is 0 Å². The van der Waals surface area contributed by atoms with Crippen LogP contribution < -0.4 is 5.56 Å². The van der Waals surface area contributed by atoms with Crippen molar-refractivity contribution in [3.8, 4) is 0 Å². The maximum absolute atomic E-state index is 13.5. The van der Waals surface area contributed by atoms with Crippen molar-refractivity contribution in [3.05, 3.63) is 26.6 Å². The van der Waals surface area contributed by atoms with Crippen LogP contribution in [0.25, 0.3) is 10.2 Å². The highest BCUT2D eigenvalue weighted by Gasteiger charge is 2.40. The van der Waals surface area contributed by atoms with Crippen molar-refractivity contribution in [1.29, 1.82) is 0 Å². The van der Waals surface area contributed by atoms with E-state index in [1.165, 1.54) is 30.6 Å². The van der Waals surface area contributed by atoms with Crippen LogP contribution in [0.15, 0.2) is 4.79 Å². The fourth-order valence-corrected chi connectivity index (χ4v) is 6.72. The predicted octanol–water partition coefficient (Wildman–Crippen LogP) is 3.75. The number of carbonyl (C=O) groups is 1. The summed E-state index contributed by atoms with van der Waals surface area (Å²) in [6, 6.07) is 0.374. The average molecular weight is 386 g/mol. The first-order chi connectivity index (χ1) is 13.1. The third-order valence-electron chi connectivity index (χ3n) is 7.10. The SMILES string of the molecule is Cc1c(C(=O)N2CCC(C)C3CCCCC32)sc2nc3n(c(=O)c12)CCC3. The van der Waals surface area contributed by atoms with Gasteiger partial charge in [0.2, 0.25) is 0 Å². The number of carbonyl (C=O) groups excluding carboxylic acids is 1. The molecule has 1 saturated heterocycles. The maximum atomic E-state index is 13.5. The second-order valence-corrected chi connectivity index (χ2v) is 9.60. The molecule has 2 aromatic heterocycles. The van der Waals surface area contributed by atoms with Crippen molar-refractivity contribution >= 4 is 27.5 Å². The first-order valence-corrected chi connectivity index (χ1v) is 11.2. The van der Waals surface area contributed by atoms with E-state index in [0.717, 1.165) is 59.9 Å². The molecule has 3 unspecified atom stereocenters. The molecule has 0 spiro atoms. The van der Waals surface area contributed by atoms with E-state index in [0.29, 0.717) is 23.3 Å². The molecule has 5 nitrogen and oxygen atoms in total. The van der Waals surface area contributed by atoms with E-state index in [4.69, 9.17) is 4.98 Å². The number of hydrogen-bond acceptors (Lipinski definition) is 4. The van der Waals surface area contributed by atoms with E-state index in [1.807, 2.05) is 6.92 Å². The van der Waals surface area contributed by atoms with Crippen LogP contribution in [-0.4, -0.2) is 32.9 Å². The molecule has 3 atom stereocenters. The number of hydrogen-bond donors (Lipinski definition) is 0. The Kier molecular flexibility index (Phi) is 4.15. The van der Waals surface area contributed by atoms with Crippen LogP contribution >= 0.6 is 11.3 Å². The van der Waals surface area contributed by atoms with Crippen LogP contribution in [0.2, 0.25) is 0 Å². The van der Waals surface area contributed by atoms with Crippen molar-refractivity contribution in [2.24, 2.45) is 11.8 Å². The van der Waals surface area contributed by atoms with Crippen LogP contribution in [0.5, 0.6) is 0 Å². The number of fused-ring (bicyclic) bond motifs is 3. The molecular weight excluding hydrogens is 358 g/mol. The Balaban J connectivity index is 1.55. The van der Waals surface area contributed by atoms with E-state index < -0.39 is 0 Å². The van der Waals surface area contributed by atoms with Gasteiger partial charge >= 0.3 is 0 Å². The molecule has 0 N–H and O–H groups in total. The minimum absolute atomic E-state index is 0.0445. The molecule has 6 heteroatoms. The standard InChI is InChI=1S/C21H27N3O2S/c1-12-9-11-23(15-7-4-3-6-14(12)15)21(26)18-13(2)17-19(27-18)22-16-8-5-10-24(16)20(17)25/h12,14-15H,3-11H2,1-2H3. The van der Waals surface area contributed by atoms with Gasteiger partial charge in [-0.3, -0.25) is 14.2 Å². The molecule has 2 aromatic rings. The highest BCUT2D eigenvalue weighted by molar-refractivity contribution is 7.20. The molecule has 1 amide bonds. The molecule has 2 fully saturated rings. The molecule has 27 heavy (non-hydrogen) atoms. The van der Waals surface area contributed by atoms with Gasteiger partial charge in [-0.25, -0.2) is 4.98 Å². The summed E-state index contributed by atoms with van der Waals surface area (Å²) in [4.78, 5) is 34.8. The van der Waals surface area contributed by atoms with Crippen LogP contribution in [0, 0.1) is 18.8 Å². The lowest BCUT2D eigenvalue weighted by atomic mass is 9.72. The third-order valence-corrected chi connectivity index (χ3v) is 8.28. The predicted molar refractivity (Wildman–Crippen MR) is 108 cm³/mol. The molecule has 144 valence electrons. The monoisotopic (exact) mass is 385 g/mol. The van der Waals surface area contributed by atoms with Gasteiger partial charge in [-0.05, 0) is 50.0 Å². The normalized spacial score (nSPS) is 27.6. The van der Waals surface area contributed by atoms with Crippen LogP contribution in [0.3, 0.4) is 0 Å². The summed E-state index contributed by atoms with van der Waals surface area (Å²) in [6.07, 6.45) is 7.82. The highest BCUT2D eigenvalue weighted by atomic mass is 32.1. The van der Waals surface area contributed by atoms with Crippen molar-refractivity contribution in [1.82, 2.24) is 14.5 Å². The number of thiophene rings is 1. The van der Waals surface area contributed by atoms with Crippen molar-refractivity contribution < 1.29 is 4.79 Å². The van der Waals surface area contributed by atoms with Gasteiger partial charge in [0.25, 0.3) is 11.5 Å². The van der Waals surface area contributed by atoms with E-state index in [2.05, 4.69) is 11.8 Å². The van der Waals surface area contributed by atoms with Gasteiger partial charge in [-0.2, -0.15) is 0 Å². The first kappa shape index (κ1) is 17.4. The number of rotatable bonds is 1. The zero-order valence-electron chi connectivity index (χ0n) is 16.2. The molecule has 4 heterocycles. The Morgan fingerprint density at radius 3 is 2.81 bits per heavy atom. The van der Waals surface area contributed by atoms with Gasteiger partial charge in [0.15, 0.2) is 0 Å². The summed E-state index contributed by atoms with van der Waals surface area (Å²) in [6.45, 7) is 5.88. The van der Waals surface area contributed by atoms with Crippen molar-refractivity contribution in [2.45, 2.75) is 71.4 Å². The van der Waals surface area contributed by atoms with Crippen LogP contribution in [0.4, 0.5) is 0 Å². The number of nitrogens with zero attached hydrogens (tertiary/aromatic N) is 3. The number of aromatic nitrogens is 2. The Hall–Kier alpha value is -1.69. The quantitative estimate of drug-likeness (QED) is 0.751. The number of likely N-dealkylation sites (tertiary alicyclic amines) is 1. The molecule has 0 aromatic carbocycles. The summed E-state index contributed by atoms with van der Waals surface area (Å²) < 4.78 is 1.80. The number of piperidine rings is 1. The van der Waals surface area contributed by atoms with Crippen molar-refractivity contribution in [2.75, 3.05) is 6.54 Å². The fraction of sp³-hybridized carbons (Fsp3) is 0.667. The molecule has 0 radical (unpaired) electrons. The number of amides is 1. The Labute approximate surface area is 163 Å². The molecule has 1 saturated carbocycles. The van der Waals surface area contributed by atoms with Gasteiger partial charge in [-0.15, -0.1) is 11.3 Å². The summed E-state index contributed by atoms with van der Waals surface area (Å²) in [7, 11) is 0. The van der Waals surface area contributed by atoms with Gasteiger partial charge in [0, 0.05) is 25.6 Å². The average Bonchev–Trinajstić information content (AvgIpc) is 3.27. The zero-order valence-corrected chi connectivity index (χ0v) is 17.0. The highest BCUT2D eigenvalue weighted by Crippen LogP contribution is 2.40. The molecule has 5 rings (SSSR count). The lowest BCUT2D eigenvalue weighted by Crippen LogP contribution is -2.52. The summed E-state index contributed by atoms with van der Waals surface area (Å²) >= 11 is 1.43. The van der Waals surface area contributed by atoms with E-state index >= 15 is 0 Å². The van der Waals surface area contributed by atoms with Crippen LogP contribution in [0.1, 0.15) is 66.5 Å². The minimum atomic E-state index is 0.0445. The largest absolute Gasteiger partial charge is 0.335 e. The smallest absolute Gasteiger partial charge is 0.264 e. The van der Waals surface area contributed by atoms with Gasteiger partial charge in [0.05, 0.1) is 10.3 Å². The first-order valence-electron chi connectivity index (χ1n) is 10.4. The molecule has 2 aliphatic heterocycles. The Morgan fingerprint density at radius 1 is 1.15 bits per heavy atom. The topological polar surface area (TPSA) is 55.2 Å². The summed E-state index contributed by atoms with van der Waals surface area (Å²) in [5.74, 6) is 2.35. The van der Waals surface area contributed by atoms with Gasteiger partial charge < -0.3 is 4.90 Å². The van der Waals surface area contributed by atoms with E-state index in [9.17, 15) is 9.59 Å². The second kappa shape index (κ2) is 6.43. The maximum Gasteiger partial charge on any atom is 0.264 e. The molecule has 0 bridgehead atoms. The Bertz CT molecular complexity index is 976. The summed E-state index contributed by atoms with van der Waals surface area (Å²) in [5.41, 5.74) is 0.883. The van der Waals surface area contributed by atoms with E-state index in [1.54, 1.807) is 4.57 Å². The lowest BCUT2D eigenvalue weighted by Gasteiger charge is -2.47. The molecular formula is C21H27N3O2S. The third kappa shape index (κ3) is 2.59. The zero-order chi connectivity index (χ0) is 18.7. The second-order valence-electron chi connectivity index (χ2n) is 8.60.